The van der Waals surface area contributed by atoms with Gasteiger partial charge in [-0.2, -0.15) is 0 Å². The van der Waals surface area contributed by atoms with E-state index in [1.807, 2.05) is 0 Å². The van der Waals surface area contributed by atoms with E-state index in [1.165, 1.54) is 18.4 Å². The van der Waals surface area contributed by atoms with Gasteiger partial charge in [0.2, 0.25) is 0 Å². The Bertz CT molecular complexity index is 505. The predicted octanol–water partition coefficient (Wildman–Crippen LogP) is 3.11. The highest BCUT2D eigenvalue weighted by Gasteiger charge is 2.15. The molecule has 0 fully saturated rings. The number of furan rings is 1. The molecule has 0 radical (unpaired) electrons. The van der Waals surface area contributed by atoms with Crippen LogP contribution in [0.4, 0.5) is 4.39 Å². The maximum Gasteiger partial charge on any atom is 0.255 e. The molecule has 0 bridgehead atoms. The summed E-state index contributed by atoms with van der Waals surface area (Å²) in [6, 6.07) is 7.84. The molecule has 17 heavy (non-hydrogen) atoms. The molecule has 2 aromatic rings. The molecule has 0 spiro atoms. The van der Waals surface area contributed by atoms with Gasteiger partial charge in [-0.05, 0) is 40.2 Å². The molecule has 0 saturated heterocycles. The summed E-state index contributed by atoms with van der Waals surface area (Å²) in [6.45, 7) is 0.229. The fourth-order valence-corrected chi connectivity index (χ4v) is 1.91. The largest absolute Gasteiger partial charge is 0.467 e. The first-order valence-electron chi connectivity index (χ1n) is 4.93. The van der Waals surface area contributed by atoms with E-state index in [2.05, 4.69) is 21.2 Å². The van der Waals surface area contributed by atoms with Gasteiger partial charge in [-0.3, -0.25) is 4.79 Å². The molecule has 2 rings (SSSR count). The van der Waals surface area contributed by atoms with Crippen LogP contribution in [-0.2, 0) is 6.54 Å². The molecule has 0 atom stereocenters. The minimum absolute atomic E-state index is 0.000874. The van der Waals surface area contributed by atoms with Crippen molar-refractivity contribution >= 4 is 21.8 Å². The van der Waals surface area contributed by atoms with Crippen molar-refractivity contribution in [2.45, 2.75) is 6.54 Å². The van der Waals surface area contributed by atoms with Gasteiger partial charge in [0.1, 0.15) is 11.6 Å². The molecule has 0 aliphatic rings. The fraction of sp³-hybridized carbons (Fsp3) is 0.0833. The number of carbonyl (C=O) groups is 1. The number of hydrogen-bond donors (Lipinski definition) is 1. The highest BCUT2D eigenvalue weighted by Crippen LogP contribution is 2.19. The minimum Gasteiger partial charge on any atom is -0.467 e. The molecule has 1 heterocycles. The fourth-order valence-electron chi connectivity index (χ4n) is 1.38. The summed E-state index contributed by atoms with van der Waals surface area (Å²) in [5.74, 6) is -0.423. The molecule has 1 amide bonds. The summed E-state index contributed by atoms with van der Waals surface area (Å²) in [4.78, 5) is 11.8. The van der Waals surface area contributed by atoms with Gasteiger partial charge < -0.3 is 9.73 Å². The van der Waals surface area contributed by atoms with Crippen molar-refractivity contribution in [3.8, 4) is 0 Å². The van der Waals surface area contributed by atoms with Crippen molar-refractivity contribution in [3.63, 3.8) is 0 Å². The second-order valence-corrected chi connectivity index (χ2v) is 4.21. The summed E-state index contributed by atoms with van der Waals surface area (Å²) in [5.41, 5.74) is -0.000874. The number of rotatable bonds is 3. The normalized spacial score (nSPS) is 10.2. The first-order chi connectivity index (χ1) is 8.18. The van der Waals surface area contributed by atoms with Crippen LogP contribution in [0.5, 0.6) is 0 Å². The number of hydrogen-bond acceptors (Lipinski definition) is 2. The Hall–Kier alpha value is -1.62. The van der Waals surface area contributed by atoms with Gasteiger partial charge >= 0.3 is 0 Å². The van der Waals surface area contributed by atoms with Crippen LogP contribution in [-0.4, -0.2) is 5.91 Å². The second-order valence-electron chi connectivity index (χ2n) is 3.36. The van der Waals surface area contributed by atoms with Crippen molar-refractivity contribution in [1.29, 1.82) is 0 Å². The van der Waals surface area contributed by atoms with Gasteiger partial charge in [0.15, 0.2) is 0 Å². The molecular weight excluding hydrogens is 289 g/mol. The third kappa shape index (κ3) is 2.74. The monoisotopic (exact) mass is 297 g/mol. The third-order valence-corrected chi connectivity index (χ3v) is 2.85. The van der Waals surface area contributed by atoms with Gasteiger partial charge in [-0.15, -0.1) is 0 Å². The van der Waals surface area contributed by atoms with Crippen molar-refractivity contribution in [3.05, 3.63) is 58.2 Å². The Kier molecular flexibility index (Phi) is 3.58. The Morgan fingerprint density at radius 2 is 2.18 bits per heavy atom. The average molecular weight is 298 g/mol. The van der Waals surface area contributed by atoms with Crippen molar-refractivity contribution < 1.29 is 13.6 Å². The molecule has 0 aliphatic carbocycles. The summed E-state index contributed by atoms with van der Waals surface area (Å²) in [7, 11) is 0. The molecule has 1 aromatic heterocycles. The van der Waals surface area contributed by atoms with E-state index in [4.69, 9.17) is 4.42 Å². The SMILES string of the molecule is O=C(NCc1ccco1)c1c(F)cccc1Br. The standard InChI is InChI=1S/C12H9BrFNO2/c13-9-4-1-5-10(14)11(9)12(16)15-7-8-3-2-6-17-8/h1-6H,7H2,(H,15,16). The van der Waals surface area contributed by atoms with E-state index in [9.17, 15) is 9.18 Å². The number of carbonyl (C=O) groups excluding carboxylic acids is 1. The van der Waals surface area contributed by atoms with Gasteiger partial charge in [0.25, 0.3) is 5.91 Å². The van der Waals surface area contributed by atoms with Crippen LogP contribution in [0.15, 0.2) is 45.5 Å². The van der Waals surface area contributed by atoms with Crippen LogP contribution >= 0.6 is 15.9 Å². The van der Waals surface area contributed by atoms with Gasteiger partial charge in [0.05, 0.1) is 18.4 Å². The molecule has 1 aromatic carbocycles. The molecule has 5 heteroatoms. The zero-order chi connectivity index (χ0) is 12.3. The molecule has 1 N–H and O–H groups in total. The highest BCUT2D eigenvalue weighted by molar-refractivity contribution is 9.10. The topological polar surface area (TPSA) is 42.2 Å². The molecule has 3 nitrogen and oxygen atoms in total. The highest BCUT2D eigenvalue weighted by atomic mass is 79.9. The summed E-state index contributed by atoms with van der Waals surface area (Å²) in [6.07, 6.45) is 1.51. The lowest BCUT2D eigenvalue weighted by Crippen LogP contribution is -2.24. The molecule has 0 aliphatic heterocycles. The minimum atomic E-state index is -0.559. The third-order valence-electron chi connectivity index (χ3n) is 2.19. The Morgan fingerprint density at radius 1 is 1.35 bits per heavy atom. The van der Waals surface area contributed by atoms with Gasteiger partial charge in [0, 0.05) is 4.47 Å². The Balaban J connectivity index is 2.10. The smallest absolute Gasteiger partial charge is 0.255 e. The van der Waals surface area contributed by atoms with E-state index in [1.54, 1.807) is 18.2 Å². The summed E-state index contributed by atoms with van der Waals surface area (Å²) < 4.78 is 18.9. The molecular formula is C12H9BrFNO2. The number of halogens is 2. The maximum atomic E-state index is 13.5. The van der Waals surface area contributed by atoms with E-state index < -0.39 is 11.7 Å². The Labute approximate surface area is 106 Å². The van der Waals surface area contributed by atoms with Crippen LogP contribution in [0.2, 0.25) is 0 Å². The van der Waals surface area contributed by atoms with Gasteiger partial charge in [-0.25, -0.2) is 4.39 Å². The van der Waals surface area contributed by atoms with Crippen LogP contribution < -0.4 is 5.32 Å². The average Bonchev–Trinajstić information content (AvgIpc) is 2.79. The summed E-state index contributed by atoms with van der Waals surface area (Å²) in [5, 5.41) is 2.58. The van der Waals surface area contributed by atoms with Crippen LogP contribution in [0.3, 0.4) is 0 Å². The molecule has 0 saturated carbocycles. The maximum absolute atomic E-state index is 13.5. The number of benzene rings is 1. The lowest BCUT2D eigenvalue weighted by Gasteiger charge is -2.06. The zero-order valence-corrected chi connectivity index (χ0v) is 10.3. The van der Waals surface area contributed by atoms with Crippen molar-refractivity contribution in [2.75, 3.05) is 0 Å². The quantitative estimate of drug-likeness (QED) is 0.946. The lowest BCUT2D eigenvalue weighted by atomic mass is 10.2. The summed E-state index contributed by atoms with van der Waals surface area (Å²) >= 11 is 3.14. The first kappa shape index (κ1) is 11.9. The van der Waals surface area contributed by atoms with Crippen LogP contribution in [0.1, 0.15) is 16.1 Å². The second kappa shape index (κ2) is 5.14. The van der Waals surface area contributed by atoms with E-state index in [-0.39, 0.29) is 12.1 Å². The predicted molar refractivity (Wildman–Crippen MR) is 64.0 cm³/mol. The first-order valence-corrected chi connectivity index (χ1v) is 5.72. The number of nitrogens with one attached hydrogen (secondary N) is 1. The van der Waals surface area contributed by atoms with Crippen molar-refractivity contribution in [2.24, 2.45) is 0 Å². The Morgan fingerprint density at radius 3 is 2.82 bits per heavy atom. The van der Waals surface area contributed by atoms with Crippen LogP contribution in [0, 0.1) is 5.82 Å². The van der Waals surface area contributed by atoms with Crippen LogP contribution in [0.25, 0.3) is 0 Å². The van der Waals surface area contributed by atoms with E-state index >= 15 is 0 Å². The molecule has 88 valence electrons. The zero-order valence-electron chi connectivity index (χ0n) is 8.74. The van der Waals surface area contributed by atoms with E-state index in [0.29, 0.717) is 10.2 Å². The molecule has 0 unspecified atom stereocenters. The lowest BCUT2D eigenvalue weighted by molar-refractivity contribution is 0.0943. The van der Waals surface area contributed by atoms with E-state index in [0.717, 1.165) is 0 Å². The number of amides is 1. The van der Waals surface area contributed by atoms with Gasteiger partial charge in [-0.1, -0.05) is 6.07 Å². The van der Waals surface area contributed by atoms with Crippen molar-refractivity contribution in [1.82, 2.24) is 5.32 Å².